The number of amides is 1. The van der Waals surface area contributed by atoms with Crippen molar-refractivity contribution in [2.24, 2.45) is 0 Å². The second-order valence-corrected chi connectivity index (χ2v) is 8.04. The molecule has 144 valence electrons. The van der Waals surface area contributed by atoms with Gasteiger partial charge in [0.2, 0.25) is 0 Å². The molecule has 0 aromatic heterocycles. The maximum absolute atomic E-state index is 13.2. The van der Waals surface area contributed by atoms with E-state index in [0.717, 1.165) is 38.0 Å². The van der Waals surface area contributed by atoms with Crippen molar-refractivity contribution in [3.63, 3.8) is 0 Å². The average Bonchev–Trinajstić information content (AvgIpc) is 2.65. The van der Waals surface area contributed by atoms with Crippen LogP contribution in [0.3, 0.4) is 0 Å². The van der Waals surface area contributed by atoms with Crippen molar-refractivity contribution in [2.45, 2.75) is 63.8 Å². The standard InChI is InChI=1S/C21H33N3O2/c1-16-13-17(19(26-2)14-18(16)22)20(25)23-21(9-5-3-6-10-21)15-24-11-7-4-8-12-24/h13-14H,3-12,15,22H2,1-2H3,(H,23,25). The maximum atomic E-state index is 13.2. The monoisotopic (exact) mass is 359 g/mol. The van der Waals surface area contributed by atoms with Gasteiger partial charge in [0.1, 0.15) is 5.75 Å². The summed E-state index contributed by atoms with van der Waals surface area (Å²) >= 11 is 0. The van der Waals surface area contributed by atoms with Gasteiger partial charge in [-0.1, -0.05) is 25.7 Å². The lowest BCUT2D eigenvalue weighted by molar-refractivity contribution is 0.0780. The molecule has 1 saturated carbocycles. The zero-order valence-electron chi connectivity index (χ0n) is 16.3. The first-order valence-corrected chi connectivity index (χ1v) is 10.0. The molecule has 0 unspecified atom stereocenters. The average molecular weight is 360 g/mol. The van der Waals surface area contributed by atoms with Crippen molar-refractivity contribution < 1.29 is 9.53 Å². The number of likely N-dealkylation sites (tertiary alicyclic amines) is 1. The maximum Gasteiger partial charge on any atom is 0.255 e. The van der Waals surface area contributed by atoms with Crippen molar-refractivity contribution in [3.05, 3.63) is 23.3 Å². The summed E-state index contributed by atoms with van der Waals surface area (Å²) in [6.45, 7) is 5.20. The number of benzene rings is 1. The van der Waals surface area contributed by atoms with Crippen LogP contribution in [0.4, 0.5) is 5.69 Å². The summed E-state index contributed by atoms with van der Waals surface area (Å²) in [5.41, 5.74) is 8.01. The van der Waals surface area contributed by atoms with Gasteiger partial charge in [-0.25, -0.2) is 0 Å². The molecule has 1 aliphatic heterocycles. The van der Waals surface area contributed by atoms with Gasteiger partial charge in [-0.05, 0) is 57.3 Å². The predicted molar refractivity (Wildman–Crippen MR) is 106 cm³/mol. The van der Waals surface area contributed by atoms with E-state index in [1.165, 1.54) is 38.5 Å². The number of piperidine rings is 1. The number of aryl methyl sites for hydroxylation is 1. The summed E-state index contributed by atoms with van der Waals surface area (Å²) in [5, 5.41) is 3.42. The smallest absolute Gasteiger partial charge is 0.255 e. The highest BCUT2D eigenvalue weighted by molar-refractivity contribution is 5.98. The second kappa shape index (κ2) is 8.30. The van der Waals surface area contributed by atoms with E-state index in [2.05, 4.69) is 10.2 Å². The van der Waals surface area contributed by atoms with E-state index in [9.17, 15) is 4.79 Å². The number of nitrogens with two attached hydrogens (primary N) is 1. The number of hydrogen-bond donors (Lipinski definition) is 2. The highest BCUT2D eigenvalue weighted by Crippen LogP contribution is 2.32. The molecule has 1 amide bonds. The van der Waals surface area contributed by atoms with Crippen LogP contribution in [0.5, 0.6) is 5.75 Å². The Morgan fingerprint density at radius 3 is 2.46 bits per heavy atom. The minimum absolute atomic E-state index is 0.0381. The summed E-state index contributed by atoms with van der Waals surface area (Å²) in [6.07, 6.45) is 9.64. The molecule has 0 atom stereocenters. The molecule has 2 aliphatic rings. The zero-order valence-corrected chi connectivity index (χ0v) is 16.3. The molecule has 0 radical (unpaired) electrons. The van der Waals surface area contributed by atoms with Gasteiger partial charge in [-0.2, -0.15) is 0 Å². The Morgan fingerprint density at radius 1 is 1.15 bits per heavy atom. The minimum atomic E-state index is -0.118. The third-order valence-corrected chi connectivity index (χ3v) is 6.00. The van der Waals surface area contributed by atoms with Gasteiger partial charge in [0.15, 0.2) is 0 Å². The number of carbonyl (C=O) groups is 1. The summed E-state index contributed by atoms with van der Waals surface area (Å²) < 4.78 is 5.42. The lowest BCUT2D eigenvalue weighted by Gasteiger charge is -2.43. The van der Waals surface area contributed by atoms with E-state index in [1.807, 2.05) is 13.0 Å². The van der Waals surface area contributed by atoms with E-state index in [1.54, 1.807) is 13.2 Å². The van der Waals surface area contributed by atoms with E-state index in [4.69, 9.17) is 10.5 Å². The summed E-state index contributed by atoms with van der Waals surface area (Å²) in [4.78, 5) is 15.7. The molecular formula is C21H33N3O2. The van der Waals surface area contributed by atoms with Crippen LogP contribution >= 0.6 is 0 Å². The molecule has 0 bridgehead atoms. The minimum Gasteiger partial charge on any atom is -0.496 e. The van der Waals surface area contributed by atoms with Crippen LogP contribution in [-0.2, 0) is 0 Å². The molecule has 1 aromatic rings. The zero-order chi connectivity index (χ0) is 18.6. The molecular weight excluding hydrogens is 326 g/mol. The van der Waals surface area contributed by atoms with Gasteiger partial charge in [0, 0.05) is 18.3 Å². The number of anilines is 1. The lowest BCUT2D eigenvalue weighted by Crippen LogP contribution is -2.57. The fourth-order valence-corrected chi connectivity index (χ4v) is 4.46. The third kappa shape index (κ3) is 4.32. The highest BCUT2D eigenvalue weighted by Gasteiger charge is 2.36. The number of nitrogens with zero attached hydrogens (tertiary/aromatic N) is 1. The van der Waals surface area contributed by atoms with Crippen molar-refractivity contribution in [3.8, 4) is 5.75 Å². The number of hydrogen-bond acceptors (Lipinski definition) is 4. The van der Waals surface area contributed by atoms with Crippen molar-refractivity contribution in [2.75, 3.05) is 32.5 Å². The van der Waals surface area contributed by atoms with E-state index < -0.39 is 0 Å². The van der Waals surface area contributed by atoms with Crippen LogP contribution in [0.15, 0.2) is 12.1 Å². The Labute approximate surface area is 157 Å². The Hall–Kier alpha value is -1.75. The van der Waals surface area contributed by atoms with E-state index in [0.29, 0.717) is 17.0 Å². The fraction of sp³-hybridized carbons (Fsp3) is 0.667. The fourth-order valence-electron chi connectivity index (χ4n) is 4.46. The molecule has 3 N–H and O–H groups in total. The summed E-state index contributed by atoms with van der Waals surface area (Å²) in [7, 11) is 1.59. The quantitative estimate of drug-likeness (QED) is 0.790. The number of rotatable bonds is 5. The van der Waals surface area contributed by atoms with Gasteiger partial charge >= 0.3 is 0 Å². The van der Waals surface area contributed by atoms with Crippen LogP contribution in [-0.4, -0.2) is 43.1 Å². The molecule has 2 fully saturated rings. The Morgan fingerprint density at radius 2 is 1.81 bits per heavy atom. The molecule has 3 rings (SSSR count). The Bertz CT molecular complexity index is 632. The third-order valence-electron chi connectivity index (χ3n) is 6.00. The number of carbonyl (C=O) groups excluding carboxylic acids is 1. The molecule has 26 heavy (non-hydrogen) atoms. The highest BCUT2D eigenvalue weighted by atomic mass is 16.5. The van der Waals surface area contributed by atoms with Crippen molar-refractivity contribution in [1.82, 2.24) is 10.2 Å². The molecule has 1 heterocycles. The molecule has 1 aromatic carbocycles. The van der Waals surface area contributed by atoms with Crippen LogP contribution in [0.1, 0.15) is 67.3 Å². The summed E-state index contributed by atoms with van der Waals surface area (Å²) in [5.74, 6) is 0.512. The summed E-state index contributed by atoms with van der Waals surface area (Å²) in [6, 6.07) is 3.60. The van der Waals surface area contributed by atoms with Gasteiger partial charge in [-0.3, -0.25) is 4.79 Å². The Kier molecular flexibility index (Phi) is 6.07. The van der Waals surface area contributed by atoms with Crippen molar-refractivity contribution in [1.29, 1.82) is 0 Å². The van der Waals surface area contributed by atoms with Crippen molar-refractivity contribution >= 4 is 11.6 Å². The number of ether oxygens (including phenoxy) is 1. The van der Waals surface area contributed by atoms with Gasteiger partial charge < -0.3 is 20.7 Å². The lowest BCUT2D eigenvalue weighted by atomic mass is 9.80. The molecule has 1 aliphatic carbocycles. The van der Waals surface area contributed by atoms with Crippen LogP contribution in [0.25, 0.3) is 0 Å². The largest absolute Gasteiger partial charge is 0.496 e. The van der Waals surface area contributed by atoms with E-state index >= 15 is 0 Å². The number of methoxy groups -OCH3 is 1. The molecule has 5 heteroatoms. The van der Waals surface area contributed by atoms with Gasteiger partial charge in [0.05, 0.1) is 18.2 Å². The predicted octanol–water partition coefficient (Wildman–Crippen LogP) is 3.50. The van der Waals surface area contributed by atoms with Gasteiger partial charge in [-0.15, -0.1) is 0 Å². The number of nitrogen functional groups attached to an aromatic ring is 1. The Balaban J connectivity index is 1.80. The van der Waals surface area contributed by atoms with Gasteiger partial charge in [0.25, 0.3) is 5.91 Å². The SMILES string of the molecule is COc1cc(N)c(C)cc1C(=O)NC1(CN2CCCCC2)CCCCC1. The first-order chi connectivity index (χ1) is 12.5. The first kappa shape index (κ1) is 19.0. The van der Waals surface area contributed by atoms with Crippen LogP contribution in [0, 0.1) is 6.92 Å². The molecule has 1 saturated heterocycles. The number of nitrogens with one attached hydrogen (secondary N) is 1. The first-order valence-electron chi connectivity index (χ1n) is 10.0. The second-order valence-electron chi connectivity index (χ2n) is 8.04. The van der Waals surface area contributed by atoms with Crippen LogP contribution in [0.2, 0.25) is 0 Å². The van der Waals surface area contributed by atoms with E-state index in [-0.39, 0.29) is 11.4 Å². The van der Waals surface area contributed by atoms with Crippen LogP contribution < -0.4 is 15.8 Å². The topological polar surface area (TPSA) is 67.6 Å². The normalized spacial score (nSPS) is 20.5. The molecule has 5 nitrogen and oxygen atoms in total. The molecule has 0 spiro atoms.